The van der Waals surface area contributed by atoms with E-state index >= 15 is 0 Å². The highest BCUT2D eigenvalue weighted by molar-refractivity contribution is 6.09. The maximum absolute atomic E-state index is 13.1. The van der Waals surface area contributed by atoms with Crippen LogP contribution in [0.4, 0.5) is 17.1 Å². The number of methoxy groups -OCH3 is 1. The minimum atomic E-state index is -0.512. The molecule has 1 saturated heterocycles. The number of benzene rings is 2. The van der Waals surface area contributed by atoms with Gasteiger partial charge >= 0.3 is 5.97 Å². The fraction of sp³-hybridized carbons (Fsp3) is 0.364. The Kier molecular flexibility index (Phi) is 6.34. The average molecular weight is 411 g/mol. The van der Waals surface area contributed by atoms with Crippen LogP contribution in [0.1, 0.15) is 46.0 Å². The lowest BCUT2D eigenvalue weighted by molar-refractivity contribution is -0.384. The summed E-state index contributed by atoms with van der Waals surface area (Å²) in [5.41, 5.74) is 2.28. The number of rotatable bonds is 5. The quantitative estimate of drug-likeness (QED) is 0.450. The Labute approximate surface area is 175 Å². The number of nitro benzene ring substituents is 1. The molecule has 0 atom stereocenters. The van der Waals surface area contributed by atoms with Crippen molar-refractivity contribution in [3.63, 3.8) is 0 Å². The number of piperidine rings is 1. The first-order valence-corrected chi connectivity index (χ1v) is 9.84. The molecular formula is C22H25N3O5. The second-order valence-corrected chi connectivity index (χ2v) is 7.60. The van der Waals surface area contributed by atoms with Gasteiger partial charge in [-0.05, 0) is 49.4 Å². The average Bonchev–Trinajstić information content (AvgIpc) is 2.74. The number of ether oxygens (including phenoxy) is 1. The summed E-state index contributed by atoms with van der Waals surface area (Å²) in [5.74, 6) is -0.360. The van der Waals surface area contributed by atoms with Crippen LogP contribution in [-0.4, -0.2) is 37.0 Å². The third-order valence-electron chi connectivity index (χ3n) is 5.47. The van der Waals surface area contributed by atoms with Crippen molar-refractivity contribution in [1.82, 2.24) is 0 Å². The van der Waals surface area contributed by atoms with E-state index in [1.807, 2.05) is 0 Å². The standard InChI is InChI=1S/C22H25N3O5/c1-14-8-10-24(11-9-14)20-7-6-17(25(28)29)13-18(20)21(26)23-19-12-16(22(27)30-3)5-4-15(19)2/h4-7,12-14H,8-11H2,1-3H3,(H,23,26). The van der Waals surface area contributed by atoms with Gasteiger partial charge in [0.05, 0.1) is 28.8 Å². The van der Waals surface area contributed by atoms with Crippen molar-refractivity contribution < 1.29 is 19.2 Å². The van der Waals surface area contributed by atoms with E-state index in [2.05, 4.69) is 17.1 Å². The molecule has 0 radical (unpaired) electrons. The van der Waals surface area contributed by atoms with Crippen LogP contribution in [0.2, 0.25) is 0 Å². The van der Waals surface area contributed by atoms with Crippen LogP contribution >= 0.6 is 0 Å². The van der Waals surface area contributed by atoms with Gasteiger partial charge in [-0.15, -0.1) is 0 Å². The highest BCUT2D eigenvalue weighted by Gasteiger charge is 2.24. The summed E-state index contributed by atoms with van der Waals surface area (Å²) >= 11 is 0. The van der Waals surface area contributed by atoms with Gasteiger partial charge < -0.3 is 15.0 Å². The molecule has 0 spiro atoms. The molecule has 1 fully saturated rings. The van der Waals surface area contributed by atoms with E-state index in [0.29, 0.717) is 22.9 Å². The lowest BCUT2D eigenvalue weighted by Gasteiger charge is -2.33. The number of nitro groups is 1. The molecule has 1 amide bonds. The molecule has 2 aromatic carbocycles. The summed E-state index contributed by atoms with van der Waals surface area (Å²) in [6.45, 7) is 5.57. The van der Waals surface area contributed by atoms with Gasteiger partial charge in [0.25, 0.3) is 11.6 Å². The summed E-state index contributed by atoms with van der Waals surface area (Å²) in [6.07, 6.45) is 2.00. The van der Waals surface area contributed by atoms with Crippen LogP contribution in [0.15, 0.2) is 36.4 Å². The lowest BCUT2D eigenvalue weighted by atomic mass is 9.97. The third-order valence-corrected chi connectivity index (χ3v) is 5.47. The SMILES string of the molecule is COC(=O)c1ccc(C)c(NC(=O)c2cc([N+](=O)[O-])ccc2N2CCC(C)CC2)c1. The Morgan fingerprint density at radius 3 is 2.50 bits per heavy atom. The zero-order valence-corrected chi connectivity index (χ0v) is 17.3. The Morgan fingerprint density at radius 1 is 1.17 bits per heavy atom. The highest BCUT2D eigenvalue weighted by atomic mass is 16.6. The van der Waals surface area contributed by atoms with Crippen LogP contribution in [-0.2, 0) is 4.74 Å². The minimum absolute atomic E-state index is 0.144. The first kappa shape index (κ1) is 21.3. The maximum Gasteiger partial charge on any atom is 0.337 e. The maximum atomic E-state index is 13.1. The number of aryl methyl sites for hydroxylation is 1. The van der Waals surface area contributed by atoms with Crippen molar-refractivity contribution in [2.24, 2.45) is 5.92 Å². The van der Waals surface area contributed by atoms with Gasteiger partial charge in [0.15, 0.2) is 0 Å². The summed E-state index contributed by atoms with van der Waals surface area (Å²) in [5, 5.41) is 14.1. The molecule has 0 saturated carbocycles. The van der Waals surface area contributed by atoms with Crippen LogP contribution < -0.4 is 10.2 Å². The molecule has 1 N–H and O–H groups in total. The van der Waals surface area contributed by atoms with Gasteiger partial charge in [-0.2, -0.15) is 0 Å². The van der Waals surface area contributed by atoms with Crippen molar-refractivity contribution in [1.29, 1.82) is 0 Å². The number of anilines is 2. The van der Waals surface area contributed by atoms with E-state index in [9.17, 15) is 19.7 Å². The predicted octanol–water partition coefficient (Wildman–Crippen LogP) is 4.18. The summed E-state index contributed by atoms with van der Waals surface area (Å²) < 4.78 is 4.74. The number of carbonyl (C=O) groups is 2. The predicted molar refractivity (Wildman–Crippen MR) is 114 cm³/mol. The van der Waals surface area contributed by atoms with Crippen molar-refractivity contribution in [2.75, 3.05) is 30.4 Å². The Morgan fingerprint density at radius 2 is 1.87 bits per heavy atom. The van der Waals surface area contributed by atoms with Gasteiger partial charge in [0.2, 0.25) is 0 Å². The second kappa shape index (κ2) is 8.94. The molecule has 0 aromatic heterocycles. The minimum Gasteiger partial charge on any atom is -0.465 e. The molecule has 1 heterocycles. The third kappa shape index (κ3) is 4.59. The largest absolute Gasteiger partial charge is 0.465 e. The van der Waals surface area contributed by atoms with Crippen molar-refractivity contribution in [3.8, 4) is 0 Å². The topological polar surface area (TPSA) is 102 Å². The second-order valence-electron chi connectivity index (χ2n) is 7.60. The molecule has 8 nitrogen and oxygen atoms in total. The molecule has 3 rings (SSSR count). The molecule has 2 aromatic rings. The molecule has 158 valence electrons. The Bertz CT molecular complexity index is 981. The molecule has 30 heavy (non-hydrogen) atoms. The number of amides is 1. The lowest BCUT2D eigenvalue weighted by Crippen LogP contribution is -2.34. The number of nitrogens with zero attached hydrogens (tertiary/aromatic N) is 2. The Balaban J connectivity index is 1.95. The molecule has 1 aliphatic heterocycles. The fourth-order valence-corrected chi connectivity index (χ4v) is 3.54. The van der Waals surface area contributed by atoms with E-state index in [-0.39, 0.29) is 11.3 Å². The monoisotopic (exact) mass is 411 g/mol. The van der Waals surface area contributed by atoms with Crippen molar-refractivity contribution >= 4 is 28.9 Å². The fourth-order valence-electron chi connectivity index (χ4n) is 3.54. The first-order valence-electron chi connectivity index (χ1n) is 9.84. The number of nitrogens with one attached hydrogen (secondary N) is 1. The van der Waals surface area contributed by atoms with Crippen LogP contribution in [0.5, 0.6) is 0 Å². The molecular weight excluding hydrogens is 386 g/mol. The number of carbonyl (C=O) groups excluding carboxylic acids is 2. The van der Waals surface area contributed by atoms with Crippen LogP contribution in [0, 0.1) is 23.0 Å². The normalized spacial score (nSPS) is 14.3. The zero-order chi connectivity index (χ0) is 21.8. The van der Waals surface area contributed by atoms with Crippen molar-refractivity contribution in [2.45, 2.75) is 26.7 Å². The summed E-state index contributed by atoms with van der Waals surface area (Å²) in [4.78, 5) is 37.8. The van der Waals surface area contributed by atoms with Crippen LogP contribution in [0.25, 0.3) is 0 Å². The number of non-ortho nitro benzene ring substituents is 1. The van der Waals surface area contributed by atoms with Gasteiger partial charge in [-0.3, -0.25) is 14.9 Å². The van der Waals surface area contributed by atoms with Gasteiger partial charge in [-0.1, -0.05) is 13.0 Å². The number of hydrogen-bond acceptors (Lipinski definition) is 6. The number of esters is 1. The van der Waals surface area contributed by atoms with E-state index in [1.165, 1.54) is 19.2 Å². The molecule has 8 heteroatoms. The van der Waals surface area contributed by atoms with Crippen LogP contribution in [0.3, 0.4) is 0 Å². The van der Waals surface area contributed by atoms with Crippen molar-refractivity contribution in [3.05, 3.63) is 63.2 Å². The molecule has 0 aliphatic carbocycles. The van der Waals surface area contributed by atoms with E-state index < -0.39 is 16.8 Å². The van der Waals surface area contributed by atoms with Gasteiger partial charge in [-0.25, -0.2) is 4.79 Å². The van der Waals surface area contributed by atoms with Gasteiger partial charge in [0, 0.05) is 30.9 Å². The summed E-state index contributed by atoms with van der Waals surface area (Å²) in [6, 6.07) is 9.24. The first-order chi connectivity index (χ1) is 14.3. The molecule has 0 bridgehead atoms. The van der Waals surface area contributed by atoms with Gasteiger partial charge in [0.1, 0.15) is 0 Å². The van der Waals surface area contributed by atoms with E-state index in [4.69, 9.17) is 4.74 Å². The molecule has 1 aliphatic rings. The molecule has 0 unspecified atom stereocenters. The number of hydrogen-bond donors (Lipinski definition) is 1. The highest BCUT2D eigenvalue weighted by Crippen LogP contribution is 2.30. The zero-order valence-electron chi connectivity index (χ0n) is 17.3. The van der Waals surface area contributed by atoms with E-state index in [1.54, 1.807) is 31.2 Å². The Hall–Kier alpha value is -3.42. The van der Waals surface area contributed by atoms with E-state index in [0.717, 1.165) is 31.5 Å². The summed E-state index contributed by atoms with van der Waals surface area (Å²) in [7, 11) is 1.29. The smallest absolute Gasteiger partial charge is 0.337 e.